The van der Waals surface area contributed by atoms with Crippen LogP contribution in [0.3, 0.4) is 0 Å². The van der Waals surface area contributed by atoms with Crippen LogP contribution in [-0.2, 0) is 0 Å². The van der Waals surface area contributed by atoms with Gasteiger partial charge in [-0.3, -0.25) is 4.90 Å². The van der Waals surface area contributed by atoms with Crippen molar-refractivity contribution in [2.24, 2.45) is 11.8 Å². The SMILES string of the molecule is CCN(C(C)C(C)C(C)O)C(C)C(C)C(C)O. The molecule has 0 bridgehead atoms. The quantitative estimate of drug-likeness (QED) is 0.722. The first-order valence-corrected chi connectivity index (χ1v) is 6.85. The fourth-order valence-corrected chi connectivity index (χ4v) is 2.36. The van der Waals surface area contributed by atoms with E-state index in [2.05, 4.69) is 39.5 Å². The summed E-state index contributed by atoms with van der Waals surface area (Å²) in [5.74, 6) is 0.470. The molecule has 0 aliphatic heterocycles. The lowest BCUT2D eigenvalue weighted by molar-refractivity contribution is 0.00927. The van der Waals surface area contributed by atoms with Crippen LogP contribution in [0.1, 0.15) is 48.5 Å². The van der Waals surface area contributed by atoms with E-state index in [1.165, 1.54) is 0 Å². The van der Waals surface area contributed by atoms with E-state index in [1.54, 1.807) is 0 Å². The van der Waals surface area contributed by atoms with Crippen LogP contribution >= 0.6 is 0 Å². The molecule has 0 heterocycles. The number of nitrogens with zero attached hydrogens (tertiary/aromatic N) is 1. The van der Waals surface area contributed by atoms with Crippen LogP contribution in [0.2, 0.25) is 0 Å². The van der Waals surface area contributed by atoms with Crippen molar-refractivity contribution < 1.29 is 10.2 Å². The summed E-state index contributed by atoms with van der Waals surface area (Å²) >= 11 is 0. The Morgan fingerprint density at radius 3 is 1.24 bits per heavy atom. The van der Waals surface area contributed by atoms with E-state index in [4.69, 9.17) is 0 Å². The molecule has 0 amide bonds. The van der Waals surface area contributed by atoms with Crippen LogP contribution in [0.5, 0.6) is 0 Å². The second kappa shape index (κ2) is 7.34. The first kappa shape index (κ1) is 16.9. The highest BCUT2D eigenvalue weighted by Crippen LogP contribution is 2.22. The van der Waals surface area contributed by atoms with Crippen LogP contribution in [0, 0.1) is 11.8 Å². The zero-order chi connectivity index (χ0) is 13.7. The molecule has 0 saturated heterocycles. The largest absolute Gasteiger partial charge is 0.393 e. The average Bonchev–Trinajstić information content (AvgIpc) is 2.26. The summed E-state index contributed by atoms with van der Waals surface area (Å²) < 4.78 is 0. The van der Waals surface area contributed by atoms with Crippen LogP contribution < -0.4 is 0 Å². The van der Waals surface area contributed by atoms with E-state index >= 15 is 0 Å². The van der Waals surface area contributed by atoms with Crippen molar-refractivity contribution in [1.82, 2.24) is 4.90 Å². The predicted octanol–water partition coefficient (Wildman–Crippen LogP) is 2.12. The lowest BCUT2D eigenvalue weighted by Gasteiger charge is -2.41. The maximum atomic E-state index is 9.69. The van der Waals surface area contributed by atoms with Crippen molar-refractivity contribution in [1.29, 1.82) is 0 Å². The minimum Gasteiger partial charge on any atom is -0.393 e. The number of rotatable bonds is 7. The molecule has 0 radical (unpaired) electrons. The van der Waals surface area contributed by atoms with Gasteiger partial charge in [0, 0.05) is 12.1 Å². The molecule has 6 atom stereocenters. The number of aliphatic hydroxyl groups excluding tert-OH is 2. The third-order valence-electron chi connectivity index (χ3n) is 4.46. The smallest absolute Gasteiger partial charge is 0.0552 e. The zero-order valence-corrected chi connectivity index (χ0v) is 12.5. The van der Waals surface area contributed by atoms with Crippen molar-refractivity contribution >= 4 is 0 Å². The fraction of sp³-hybridized carbons (Fsp3) is 1.00. The number of hydrogen-bond acceptors (Lipinski definition) is 3. The second-order valence-corrected chi connectivity index (χ2v) is 5.51. The van der Waals surface area contributed by atoms with Gasteiger partial charge in [-0.15, -0.1) is 0 Å². The van der Waals surface area contributed by atoms with Gasteiger partial charge in [0.25, 0.3) is 0 Å². The van der Waals surface area contributed by atoms with Gasteiger partial charge in [0.1, 0.15) is 0 Å². The minimum absolute atomic E-state index is 0.235. The lowest BCUT2D eigenvalue weighted by atomic mass is 9.91. The van der Waals surface area contributed by atoms with Crippen molar-refractivity contribution in [2.45, 2.75) is 72.8 Å². The van der Waals surface area contributed by atoms with E-state index in [0.717, 1.165) is 6.54 Å². The van der Waals surface area contributed by atoms with Crippen LogP contribution in [-0.4, -0.2) is 45.9 Å². The van der Waals surface area contributed by atoms with Gasteiger partial charge in [-0.2, -0.15) is 0 Å². The van der Waals surface area contributed by atoms with Gasteiger partial charge in [-0.1, -0.05) is 20.8 Å². The monoisotopic (exact) mass is 245 g/mol. The van der Waals surface area contributed by atoms with Gasteiger partial charge >= 0.3 is 0 Å². The van der Waals surface area contributed by atoms with Gasteiger partial charge < -0.3 is 10.2 Å². The highest BCUT2D eigenvalue weighted by atomic mass is 16.3. The van der Waals surface area contributed by atoms with Gasteiger partial charge in [-0.25, -0.2) is 0 Å². The molecular weight excluding hydrogens is 214 g/mol. The molecule has 3 heteroatoms. The third-order valence-corrected chi connectivity index (χ3v) is 4.46. The van der Waals surface area contributed by atoms with Crippen LogP contribution in [0.4, 0.5) is 0 Å². The van der Waals surface area contributed by atoms with E-state index in [0.29, 0.717) is 12.1 Å². The summed E-state index contributed by atoms with van der Waals surface area (Å²) in [5.41, 5.74) is 0. The molecule has 17 heavy (non-hydrogen) atoms. The van der Waals surface area contributed by atoms with Gasteiger partial charge in [0.2, 0.25) is 0 Å². The molecule has 0 aliphatic rings. The van der Waals surface area contributed by atoms with E-state index < -0.39 is 0 Å². The molecule has 0 aromatic rings. The summed E-state index contributed by atoms with van der Waals surface area (Å²) in [7, 11) is 0. The Bertz CT molecular complexity index is 186. The molecule has 3 nitrogen and oxygen atoms in total. The summed E-state index contributed by atoms with van der Waals surface area (Å²) in [6.07, 6.45) is -0.596. The van der Waals surface area contributed by atoms with E-state index in [1.807, 2.05) is 13.8 Å². The summed E-state index contributed by atoms with van der Waals surface area (Å²) in [6, 6.07) is 0.632. The Kier molecular flexibility index (Phi) is 7.29. The van der Waals surface area contributed by atoms with Crippen LogP contribution in [0.25, 0.3) is 0 Å². The minimum atomic E-state index is -0.298. The Balaban J connectivity index is 4.71. The normalized spacial score (nSPS) is 22.9. The Morgan fingerprint density at radius 1 is 0.765 bits per heavy atom. The van der Waals surface area contributed by atoms with Gasteiger partial charge in [0.15, 0.2) is 0 Å². The molecule has 0 fully saturated rings. The summed E-state index contributed by atoms with van der Waals surface area (Å²) in [4.78, 5) is 2.37. The zero-order valence-electron chi connectivity index (χ0n) is 12.5. The number of aliphatic hydroxyl groups is 2. The second-order valence-electron chi connectivity index (χ2n) is 5.51. The summed E-state index contributed by atoms with van der Waals surface area (Å²) in [5, 5.41) is 19.4. The van der Waals surface area contributed by atoms with Crippen LogP contribution in [0.15, 0.2) is 0 Å². The van der Waals surface area contributed by atoms with E-state index in [9.17, 15) is 10.2 Å². The Morgan fingerprint density at radius 2 is 1.06 bits per heavy atom. The Hall–Kier alpha value is -0.120. The summed E-state index contributed by atoms with van der Waals surface area (Å²) in [6.45, 7) is 15.2. The maximum Gasteiger partial charge on any atom is 0.0552 e. The van der Waals surface area contributed by atoms with Gasteiger partial charge in [0.05, 0.1) is 12.2 Å². The van der Waals surface area contributed by atoms with Crippen molar-refractivity contribution in [2.75, 3.05) is 6.54 Å². The standard InChI is InChI=1S/C14H31NO2/c1-8-15(11(4)9(2)13(6)16)12(5)10(3)14(7)17/h9-14,16-17H,8H2,1-7H3. The fourth-order valence-electron chi connectivity index (χ4n) is 2.36. The van der Waals surface area contributed by atoms with E-state index in [-0.39, 0.29) is 24.0 Å². The maximum absolute atomic E-state index is 9.69. The molecule has 0 saturated carbocycles. The lowest BCUT2D eigenvalue weighted by Crippen LogP contribution is -2.49. The molecule has 2 N–H and O–H groups in total. The number of hydrogen-bond donors (Lipinski definition) is 2. The first-order chi connectivity index (χ1) is 7.73. The Labute approximate surface area is 107 Å². The van der Waals surface area contributed by atoms with Gasteiger partial charge in [-0.05, 0) is 46.1 Å². The molecule has 104 valence electrons. The van der Waals surface area contributed by atoms with Crippen molar-refractivity contribution in [3.05, 3.63) is 0 Å². The molecule has 6 unspecified atom stereocenters. The predicted molar refractivity (Wildman–Crippen MR) is 73.0 cm³/mol. The molecule has 0 rings (SSSR count). The topological polar surface area (TPSA) is 43.7 Å². The highest BCUT2D eigenvalue weighted by molar-refractivity contribution is 4.83. The molecular formula is C14H31NO2. The van der Waals surface area contributed by atoms with Crippen molar-refractivity contribution in [3.63, 3.8) is 0 Å². The molecule has 0 aromatic carbocycles. The molecule has 0 aliphatic carbocycles. The molecule has 0 spiro atoms. The highest BCUT2D eigenvalue weighted by Gasteiger charge is 2.29. The molecule has 0 aromatic heterocycles. The van der Waals surface area contributed by atoms with Crippen molar-refractivity contribution in [3.8, 4) is 0 Å². The third kappa shape index (κ3) is 4.57. The first-order valence-electron chi connectivity index (χ1n) is 6.85. The average molecular weight is 245 g/mol.